The molecule has 0 bridgehead atoms. The van der Waals surface area contributed by atoms with Crippen molar-refractivity contribution in [3.63, 3.8) is 0 Å². The number of carbonyl (C=O) groups excluding carboxylic acids is 1. The number of fused-ring (bicyclic) bond motifs is 1. The summed E-state index contributed by atoms with van der Waals surface area (Å²) >= 11 is 0. The van der Waals surface area contributed by atoms with E-state index in [0.29, 0.717) is 31.8 Å². The van der Waals surface area contributed by atoms with Crippen LogP contribution in [-0.2, 0) is 32.5 Å². The summed E-state index contributed by atoms with van der Waals surface area (Å²) in [7, 11) is -3.69. The van der Waals surface area contributed by atoms with Gasteiger partial charge in [-0.2, -0.15) is 0 Å². The molecule has 0 unspecified atom stereocenters. The molecule has 1 N–H and O–H groups in total. The summed E-state index contributed by atoms with van der Waals surface area (Å²) in [6.45, 7) is 3.54. The first-order valence-corrected chi connectivity index (χ1v) is 11.3. The van der Waals surface area contributed by atoms with Crippen molar-refractivity contribution in [2.24, 2.45) is 0 Å². The highest BCUT2D eigenvalue weighted by atomic mass is 32.2. The first kappa shape index (κ1) is 19.8. The van der Waals surface area contributed by atoms with Crippen molar-refractivity contribution >= 4 is 21.6 Å². The molecule has 4 rings (SSSR count). The van der Waals surface area contributed by atoms with Gasteiger partial charge in [0, 0.05) is 25.9 Å². The summed E-state index contributed by atoms with van der Waals surface area (Å²) in [6, 6.07) is 8.42. The van der Waals surface area contributed by atoms with E-state index in [1.165, 1.54) is 6.20 Å². The molecule has 7 nitrogen and oxygen atoms in total. The van der Waals surface area contributed by atoms with Crippen LogP contribution < -0.4 is 4.72 Å². The van der Waals surface area contributed by atoms with E-state index in [4.69, 9.17) is 4.74 Å². The standard InChI is InChI=1S/C21H25N3O4S/c1-21(9-2-3-12-28-21)20(25)24-11-8-16-13-19(7-6-17(16)15-24)29(26,27)23-18-5-4-10-22-14-18/h4-7,10,13-14,23H,2-3,8-9,11-12,15H2,1H3/t21-/m0/s1. The van der Waals surface area contributed by atoms with E-state index in [9.17, 15) is 13.2 Å². The molecule has 154 valence electrons. The molecule has 2 aromatic rings. The second-order valence-corrected chi connectivity index (χ2v) is 9.47. The monoisotopic (exact) mass is 415 g/mol. The molecule has 2 aliphatic rings. The number of ether oxygens (including phenoxy) is 1. The van der Waals surface area contributed by atoms with Crippen LogP contribution in [0.4, 0.5) is 5.69 Å². The Morgan fingerprint density at radius 3 is 2.83 bits per heavy atom. The fourth-order valence-electron chi connectivity index (χ4n) is 3.94. The fourth-order valence-corrected chi connectivity index (χ4v) is 5.04. The minimum atomic E-state index is -3.69. The summed E-state index contributed by atoms with van der Waals surface area (Å²) in [5, 5.41) is 0. The number of sulfonamides is 1. The van der Waals surface area contributed by atoms with Gasteiger partial charge >= 0.3 is 0 Å². The molecule has 3 heterocycles. The summed E-state index contributed by atoms with van der Waals surface area (Å²) in [4.78, 5) is 19.0. The Balaban J connectivity index is 1.50. The molecule has 0 radical (unpaired) electrons. The topological polar surface area (TPSA) is 88.6 Å². The number of amides is 1. The van der Waals surface area contributed by atoms with Crippen molar-refractivity contribution in [1.82, 2.24) is 9.88 Å². The summed E-state index contributed by atoms with van der Waals surface area (Å²) < 4.78 is 33.7. The van der Waals surface area contributed by atoms with Crippen LogP contribution in [0.2, 0.25) is 0 Å². The maximum atomic E-state index is 13.0. The normalized spacial score (nSPS) is 22.0. The van der Waals surface area contributed by atoms with Gasteiger partial charge in [0.05, 0.1) is 16.8 Å². The minimum absolute atomic E-state index is 0.0257. The molecule has 0 aliphatic carbocycles. The number of rotatable bonds is 4. The predicted octanol–water partition coefficient (Wildman–Crippen LogP) is 2.73. The van der Waals surface area contributed by atoms with Gasteiger partial charge < -0.3 is 9.64 Å². The van der Waals surface area contributed by atoms with E-state index in [1.807, 2.05) is 11.8 Å². The Kier molecular flexibility index (Phi) is 5.31. The third-order valence-corrected chi connectivity index (χ3v) is 7.00. The van der Waals surface area contributed by atoms with Crippen molar-refractivity contribution in [3.05, 3.63) is 53.9 Å². The second-order valence-electron chi connectivity index (χ2n) is 7.79. The Bertz CT molecular complexity index is 1000. The third kappa shape index (κ3) is 4.13. The Morgan fingerprint density at radius 2 is 2.10 bits per heavy atom. The molecule has 1 aromatic carbocycles. The molecule has 0 spiro atoms. The first-order chi connectivity index (χ1) is 13.9. The van der Waals surface area contributed by atoms with Crippen LogP contribution in [0.1, 0.15) is 37.3 Å². The summed E-state index contributed by atoms with van der Waals surface area (Å²) in [6.07, 6.45) is 6.41. The lowest BCUT2D eigenvalue weighted by Gasteiger charge is -2.39. The number of nitrogens with zero attached hydrogens (tertiary/aromatic N) is 2. The lowest BCUT2D eigenvalue weighted by Crippen LogP contribution is -2.51. The maximum absolute atomic E-state index is 13.0. The van der Waals surface area contributed by atoms with Gasteiger partial charge in [-0.15, -0.1) is 0 Å². The number of hydrogen-bond acceptors (Lipinski definition) is 5. The number of nitrogens with one attached hydrogen (secondary N) is 1. The number of hydrogen-bond donors (Lipinski definition) is 1. The molecular weight excluding hydrogens is 390 g/mol. The Hall–Kier alpha value is -2.45. The van der Waals surface area contributed by atoms with E-state index in [0.717, 1.165) is 30.4 Å². The molecule has 1 amide bonds. The van der Waals surface area contributed by atoms with Crippen molar-refractivity contribution < 1.29 is 17.9 Å². The summed E-state index contributed by atoms with van der Waals surface area (Å²) in [5.41, 5.74) is 1.61. The van der Waals surface area contributed by atoms with Crippen LogP contribution in [0.3, 0.4) is 0 Å². The lowest BCUT2D eigenvalue weighted by atomic mass is 9.92. The van der Waals surface area contributed by atoms with E-state index in [2.05, 4.69) is 9.71 Å². The van der Waals surface area contributed by atoms with Crippen molar-refractivity contribution in [1.29, 1.82) is 0 Å². The number of aromatic nitrogens is 1. The highest BCUT2D eigenvalue weighted by Crippen LogP contribution is 2.30. The van der Waals surface area contributed by atoms with E-state index < -0.39 is 15.6 Å². The van der Waals surface area contributed by atoms with Crippen LogP contribution in [0.5, 0.6) is 0 Å². The summed E-state index contributed by atoms with van der Waals surface area (Å²) in [5.74, 6) is 0.0257. The number of carbonyl (C=O) groups is 1. The molecular formula is C21H25N3O4S. The third-order valence-electron chi connectivity index (χ3n) is 5.62. The highest BCUT2D eigenvalue weighted by Gasteiger charge is 2.40. The fraction of sp³-hybridized carbons (Fsp3) is 0.429. The number of benzene rings is 1. The molecule has 8 heteroatoms. The van der Waals surface area contributed by atoms with Gasteiger partial charge in [0.25, 0.3) is 15.9 Å². The zero-order chi connectivity index (χ0) is 20.5. The lowest BCUT2D eigenvalue weighted by molar-refractivity contribution is -0.162. The van der Waals surface area contributed by atoms with Crippen molar-refractivity contribution in [2.45, 2.75) is 49.6 Å². The largest absolute Gasteiger partial charge is 0.365 e. The first-order valence-electron chi connectivity index (χ1n) is 9.85. The van der Waals surface area contributed by atoms with Gasteiger partial charge in [0.1, 0.15) is 5.60 Å². The maximum Gasteiger partial charge on any atom is 0.261 e. The SMILES string of the molecule is C[C@@]1(C(=O)N2CCc3cc(S(=O)(=O)Nc4cccnc4)ccc3C2)CCCCO1. The van der Waals surface area contributed by atoms with E-state index in [1.54, 1.807) is 36.5 Å². The molecule has 1 fully saturated rings. The number of anilines is 1. The molecule has 29 heavy (non-hydrogen) atoms. The molecule has 0 saturated carbocycles. The second kappa shape index (κ2) is 7.76. The average molecular weight is 416 g/mol. The van der Waals surface area contributed by atoms with Gasteiger partial charge in [-0.25, -0.2) is 8.42 Å². The smallest absolute Gasteiger partial charge is 0.261 e. The average Bonchev–Trinajstić information content (AvgIpc) is 2.73. The quantitative estimate of drug-likeness (QED) is 0.829. The van der Waals surface area contributed by atoms with Crippen LogP contribution in [0.15, 0.2) is 47.6 Å². The molecule has 1 saturated heterocycles. The van der Waals surface area contributed by atoms with E-state index in [-0.39, 0.29) is 10.8 Å². The highest BCUT2D eigenvalue weighted by molar-refractivity contribution is 7.92. The van der Waals surface area contributed by atoms with Crippen LogP contribution in [-0.4, -0.2) is 43.0 Å². The molecule has 1 atom stereocenters. The Morgan fingerprint density at radius 1 is 1.24 bits per heavy atom. The van der Waals surface area contributed by atoms with E-state index >= 15 is 0 Å². The zero-order valence-electron chi connectivity index (χ0n) is 16.4. The van der Waals surface area contributed by atoms with Gasteiger partial charge in [-0.1, -0.05) is 6.07 Å². The van der Waals surface area contributed by atoms with Crippen molar-refractivity contribution in [3.8, 4) is 0 Å². The van der Waals surface area contributed by atoms with Crippen molar-refractivity contribution in [2.75, 3.05) is 17.9 Å². The van der Waals surface area contributed by atoms with Gasteiger partial charge in [-0.05, 0) is 68.0 Å². The Labute approximate surface area is 171 Å². The molecule has 1 aromatic heterocycles. The van der Waals surface area contributed by atoms with Gasteiger partial charge in [0.2, 0.25) is 0 Å². The predicted molar refractivity (Wildman–Crippen MR) is 109 cm³/mol. The molecule has 2 aliphatic heterocycles. The zero-order valence-corrected chi connectivity index (χ0v) is 17.2. The minimum Gasteiger partial charge on any atom is -0.365 e. The number of pyridine rings is 1. The van der Waals surface area contributed by atoms with Crippen LogP contribution in [0.25, 0.3) is 0 Å². The van der Waals surface area contributed by atoms with Crippen LogP contribution >= 0.6 is 0 Å². The van der Waals surface area contributed by atoms with Gasteiger partial charge in [-0.3, -0.25) is 14.5 Å². The van der Waals surface area contributed by atoms with Crippen LogP contribution in [0, 0.1) is 0 Å². The van der Waals surface area contributed by atoms with Gasteiger partial charge in [0.15, 0.2) is 0 Å².